The molecule has 4 rings (SSSR count). The number of ether oxygens (including phenoxy) is 1. The fourth-order valence-corrected chi connectivity index (χ4v) is 7.40. The Balaban J connectivity index is 1.60. The molecule has 0 aromatic carbocycles. The lowest BCUT2D eigenvalue weighted by Crippen LogP contribution is -2.73. The van der Waals surface area contributed by atoms with Gasteiger partial charge in [0.1, 0.15) is 12.3 Å². The average Bonchev–Trinajstić information content (AvgIpc) is 3.08. The highest BCUT2D eigenvalue weighted by atomic mass is 35.6. The first-order valence-electron chi connectivity index (χ1n) is 12.4. The Morgan fingerprint density at radius 1 is 0.824 bits per heavy atom. The van der Waals surface area contributed by atoms with Gasteiger partial charge in [0.15, 0.2) is 0 Å². The summed E-state index contributed by atoms with van der Waals surface area (Å²) in [6.45, 7) is 2.44. The molecule has 0 amide bonds. The normalized spacial score (nSPS) is 40.1. The number of hydrogen-bond acceptors (Lipinski definition) is 4. The van der Waals surface area contributed by atoms with Crippen LogP contribution in [0, 0.1) is 23.7 Å². The van der Waals surface area contributed by atoms with Gasteiger partial charge in [-0.3, -0.25) is 16.0 Å². The number of rotatable bonds is 4. The SMILES string of the molecule is COC1CCC(C2=C(C=CC3NC(C(Cl)(Cl)Cl)NC(C(Cl)(Cl)Cl)N3)C3CCCCC3C2C)CC1. The van der Waals surface area contributed by atoms with Crippen LogP contribution in [0.3, 0.4) is 0 Å². The molecule has 0 aromatic rings. The van der Waals surface area contributed by atoms with Crippen LogP contribution in [-0.4, -0.2) is 39.3 Å². The highest BCUT2D eigenvalue weighted by molar-refractivity contribution is 6.68. The van der Waals surface area contributed by atoms with Crippen LogP contribution in [0.15, 0.2) is 23.3 Å². The van der Waals surface area contributed by atoms with Gasteiger partial charge in [-0.1, -0.05) is 107 Å². The topological polar surface area (TPSA) is 45.3 Å². The van der Waals surface area contributed by atoms with Crippen LogP contribution in [-0.2, 0) is 4.74 Å². The molecule has 2 saturated carbocycles. The largest absolute Gasteiger partial charge is 0.381 e. The van der Waals surface area contributed by atoms with Gasteiger partial charge in [0.05, 0.1) is 12.3 Å². The number of alkyl halides is 6. The highest BCUT2D eigenvalue weighted by Crippen LogP contribution is 2.53. The molecule has 4 nitrogen and oxygen atoms in total. The number of methoxy groups -OCH3 is 1. The molecule has 4 aliphatic rings. The Bertz CT molecular complexity index is 750. The summed E-state index contributed by atoms with van der Waals surface area (Å²) >= 11 is 37.1. The van der Waals surface area contributed by atoms with Crippen LogP contribution in [0.1, 0.15) is 58.3 Å². The molecule has 1 saturated heterocycles. The minimum absolute atomic E-state index is 0.321. The summed E-state index contributed by atoms with van der Waals surface area (Å²) in [7, 11) is 1.83. The van der Waals surface area contributed by atoms with Gasteiger partial charge in [0.2, 0.25) is 7.59 Å². The molecule has 3 N–H and O–H groups in total. The molecule has 3 aliphatic carbocycles. The van der Waals surface area contributed by atoms with E-state index < -0.39 is 19.9 Å². The summed E-state index contributed by atoms with van der Waals surface area (Å²) in [6.07, 6.45) is 13.0. The predicted octanol–water partition coefficient (Wildman–Crippen LogP) is 7.00. The number of nitrogens with one attached hydrogen (secondary N) is 3. The van der Waals surface area contributed by atoms with Crippen molar-refractivity contribution < 1.29 is 4.74 Å². The Hall–Kier alpha value is 1.06. The van der Waals surface area contributed by atoms with Gasteiger partial charge in [-0.25, -0.2) is 0 Å². The number of hydrogen-bond donors (Lipinski definition) is 3. The smallest absolute Gasteiger partial charge is 0.218 e. The quantitative estimate of drug-likeness (QED) is 0.307. The molecular weight excluding hydrogens is 559 g/mol. The minimum atomic E-state index is -1.61. The van der Waals surface area contributed by atoms with E-state index in [0.717, 1.165) is 18.8 Å². The lowest BCUT2D eigenvalue weighted by atomic mass is 9.74. The standard InChI is InChI=1S/C24H35Cl6N3O/c1-13-16-5-3-4-6-17(16)18(20(13)14-7-9-15(34-2)10-8-14)11-12-19-31-21(23(25,26)27)33-22(32-19)24(28,29)30/h11-17,19,21-22,31-33H,3-10H2,1-2H3. The molecular formula is C24H35Cl6N3O. The van der Waals surface area contributed by atoms with Crippen molar-refractivity contribution in [3.05, 3.63) is 23.3 Å². The molecule has 1 aliphatic heterocycles. The molecule has 0 aromatic heterocycles. The fourth-order valence-electron chi connectivity index (χ4n) is 6.65. The van der Waals surface area contributed by atoms with Crippen LogP contribution in [0.25, 0.3) is 0 Å². The van der Waals surface area contributed by atoms with Crippen molar-refractivity contribution in [1.29, 1.82) is 0 Å². The summed E-state index contributed by atoms with van der Waals surface area (Å²) in [6, 6.07) is 0. The summed E-state index contributed by atoms with van der Waals surface area (Å²) in [4.78, 5) is 0. The van der Waals surface area contributed by atoms with E-state index in [1.165, 1.54) is 44.1 Å². The summed E-state index contributed by atoms with van der Waals surface area (Å²) < 4.78 is 2.42. The van der Waals surface area contributed by atoms with E-state index in [1.807, 2.05) is 7.11 Å². The van der Waals surface area contributed by atoms with Crippen molar-refractivity contribution >= 4 is 69.6 Å². The van der Waals surface area contributed by atoms with Crippen LogP contribution in [0.4, 0.5) is 0 Å². The van der Waals surface area contributed by atoms with Gasteiger partial charge in [0.25, 0.3) is 0 Å². The molecule has 10 heteroatoms. The van der Waals surface area contributed by atoms with Gasteiger partial charge in [-0.2, -0.15) is 0 Å². The maximum atomic E-state index is 6.18. The lowest BCUT2D eigenvalue weighted by molar-refractivity contribution is 0.0599. The van der Waals surface area contributed by atoms with Crippen molar-refractivity contribution in [3.8, 4) is 0 Å². The maximum absolute atomic E-state index is 6.18. The summed E-state index contributed by atoms with van der Waals surface area (Å²) in [5, 5.41) is 9.62. The first kappa shape index (κ1) is 28.1. The highest BCUT2D eigenvalue weighted by Gasteiger charge is 2.46. The zero-order valence-corrected chi connectivity index (χ0v) is 24.1. The molecule has 0 spiro atoms. The van der Waals surface area contributed by atoms with E-state index in [9.17, 15) is 0 Å². The zero-order chi connectivity index (χ0) is 24.7. The van der Waals surface area contributed by atoms with Gasteiger partial charge in [0, 0.05) is 7.11 Å². The molecule has 3 fully saturated rings. The third-order valence-corrected chi connectivity index (χ3v) is 9.59. The molecule has 194 valence electrons. The van der Waals surface area contributed by atoms with E-state index in [0.29, 0.717) is 23.9 Å². The second kappa shape index (κ2) is 11.4. The minimum Gasteiger partial charge on any atom is -0.381 e. The molecule has 5 unspecified atom stereocenters. The monoisotopic (exact) mass is 591 g/mol. The van der Waals surface area contributed by atoms with Crippen molar-refractivity contribution in [3.63, 3.8) is 0 Å². The van der Waals surface area contributed by atoms with Gasteiger partial charge in [-0.15, -0.1) is 0 Å². The van der Waals surface area contributed by atoms with E-state index in [4.69, 9.17) is 74.3 Å². The third-order valence-electron chi connectivity index (χ3n) is 8.28. The van der Waals surface area contributed by atoms with Crippen LogP contribution < -0.4 is 16.0 Å². The summed E-state index contributed by atoms with van der Waals surface area (Å²) in [5.74, 6) is 2.60. The second-order valence-corrected chi connectivity index (χ2v) is 15.0. The van der Waals surface area contributed by atoms with Gasteiger partial charge >= 0.3 is 0 Å². The van der Waals surface area contributed by atoms with Crippen molar-refractivity contribution in [1.82, 2.24) is 16.0 Å². The van der Waals surface area contributed by atoms with Gasteiger partial charge < -0.3 is 4.74 Å². The first-order valence-corrected chi connectivity index (χ1v) is 14.6. The second-order valence-electron chi connectivity index (χ2n) is 10.2. The van der Waals surface area contributed by atoms with Gasteiger partial charge in [-0.05, 0) is 67.8 Å². The Labute approximate surface area is 233 Å². The third kappa shape index (κ3) is 6.37. The summed E-state index contributed by atoms with van der Waals surface area (Å²) in [5.41, 5.74) is 3.17. The fraction of sp³-hybridized carbons (Fsp3) is 0.833. The lowest BCUT2D eigenvalue weighted by Gasteiger charge is -2.42. The maximum Gasteiger partial charge on any atom is 0.218 e. The predicted molar refractivity (Wildman–Crippen MR) is 145 cm³/mol. The van der Waals surface area contributed by atoms with Crippen LogP contribution in [0.5, 0.6) is 0 Å². The molecule has 0 radical (unpaired) electrons. The molecule has 1 heterocycles. The average molecular weight is 594 g/mol. The van der Waals surface area contributed by atoms with Crippen LogP contribution in [0.2, 0.25) is 0 Å². The van der Waals surface area contributed by atoms with Crippen molar-refractivity contribution in [2.24, 2.45) is 23.7 Å². The number of halogens is 6. The number of fused-ring (bicyclic) bond motifs is 1. The van der Waals surface area contributed by atoms with E-state index in [-0.39, 0.29) is 6.17 Å². The number of allylic oxidation sites excluding steroid dienone is 3. The Kier molecular flexibility index (Phi) is 9.44. The molecule has 0 bridgehead atoms. The van der Waals surface area contributed by atoms with E-state index in [1.54, 1.807) is 5.57 Å². The molecule has 5 atom stereocenters. The van der Waals surface area contributed by atoms with Crippen molar-refractivity contribution in [2.45, 2.75) is 90.5 Å². The van der Waals surface area contributed by atoms with Crippen molar-refractivity contribution in [2.75, 3.05) is 7.11 Å². The van der Waals surface area contributed by atoms with E-state index in [2.05, 4.69) is 35.0 Å². The Morgan fingerprint density at radius 3 is 1.97 bits per heavy atom. The first-order chi connectivity index (χ1) is 16.0. The molecule has 34 heavy (non-hydrogen) atoms. The van der Waals surface area contributed by atoms with Crippen LogP contribution >= 0.6 is 69.6 Å². The van der Waals surface area contributed by atoms with E-state index >= 15 is 0 Å². The Morgan fingerprint density at radius 2 is 1.41 bits per heavy atom. The zero-order valence-electron chi connectivity index (χ0n) is 19.6.